The van der Waals surface area contributed by atoms with Crippen molar-refractivity contribution < 1.29 is 13.9 Å². The lowest BCUT2D eigenvalue weighted by atomic mass is 10.1. The fourth-order valence-electron chi connectivity index (χ4n) is 3.47. The van der Waals surface area contributed by atoms with Crippen molar-refractivity contribution in [3.63, 3.8) is 0 Å². The minimum atomic E-state index is -0.196. The lowest BCUT2D eigenvalue weighted by Gasteiger charge is -2.36. The van der Waals surface area contributed by atoms with Gasteiger partial charge in [0.05, 0.1) is 18.6 Å². The van der Waals surface area contributed by atoms with Crippen molar-refractivity contribution in [2.75, 3.05) is 48.8 Å². The number of halogens is 1. The summed E-state index contributed by atoms with van der Waals surface area (Å²) < 4.78 is 19.2. The second-order valence-electron chi connectivity index (χ2n) is 7.08. The van der Waals surface area contributed by atoms with Crippen LogP contribution in [0.2, 0.25) is 0 Å². The van der Waals surface area contributed by atoms with Crippen molar-refractivity contribution >= 4 is 29.1 Å². The van der Waals surface area contributed by atoms with Crippen LogP contribution in [0.5, 0.6) is 5.75 Å². The van der Waals surface area contributed by atoms with Crippen LogP contribution >= 0.6 is 11.8 Å². The van der Waals surface area contributed by atoms with Crippen LogP contribution in [-0.2, 0) is 0 Å². The van der Waals surface area contributed by atoms with Crippen LogP contribution in [0.15, 0.2) is 66.0 Å². The number of methoxy groups -OCH3 is 1. The van der Waals surface area contributed by atoms with E-state index >= 15 is 0 Å². The van der Waals surface area contributed by atoms with Gasteiger partial charge in [0.15, 0.2) is 5.78 Å². The van der Waals surface area contributed by atoms with E-state index in [-0.39, 0.29) is 11.6 Å². The Morgan fingerprint density at radius 2 is 1.74 bits per heavy atom. The first kappa shape index (κ1) is 21.1. The Morgan fingerprint density at radius 1 is 1.03 bits per heavy atom. The Morgan fingerprint density at radius 3 is 2.45 bits per heavy atom. The highest BCUT2D eigenvalue weighted by Crippen LogP contribution is 2.24. The number of para-hydroxylation sites is 1. The molecule has 0 atom stereocenters. The Kier molecular flexibility index (Phi) is 6.66. The lowest BCUT2D eigenvalue weighted by molar-refractivity contribution is 0.102. The lowest BCUT2D eigenvalue weighted by Crippen LogP contribution is -2.47. The van der Waals surface area contributed by atoms with Gasteiger partial charge in [-0.1, -0.05) is 23.9 Å². The van der Waals surface area contributed by atoms with Crippen LogP contribution < -0.4 is 14.5 Å². The van der Waals surface area contributed by atoms with E-state index in [1.807, 2.05) is 18.2 Å². The van der Waals surface area contributed by atoms with Crippen LogP contribution in [0.25, 0.3) is 0 Å². The number of carbonyl (C=O) groups excluding carboxylic acids is 1. The topological polar surface area (TPSA) is 58.6 Å². The number of hydrogen-bond acceptors (Lipinski definition) is 7. The average molecular weight is 439 g/mol. The van der Waals surface area contributed by atoms with Gasteiger partial charge in [-0.15, -0.1) is 0 Å². The first-order valence-corrected chi connectivity index (χ1v) is 11.0. The molecule has 4 rings (SSSR count). The molecule has 0 spiro atoms. The first-order valence-electron chi connectivity index (χ1n) is 10.0. The normalized spacial score (nSPS) is 13.9. The quantitative estimate of drug-likeness (QED) is 0.315. The van der Waals surface area contributed by atoms with Crippen LogP contribution in [-0.4, -0.2) is 54.8 Å². The van der Waals surface area contributed by atoms with Crippen molar-refractivity contribution in [2.45, 2.75) is 5.03 Å². The molecule has 2 heterocycles. The number of hydrogen-bond donors (Lipinski definition) is 0. The molecule has 1 aliphatic heterocycles. The van der Waals surface area contributed by atoms with Crippen molar-refractivity contribution in [3.8, 4) is 5.75 Å². The summed E-state index contributed by atoms with van der Waals surface area (Å²) in [5, 5.41) is 0.753. The molecule has 1 saturated heterocycles. The van der Waals surface area contributed by atoms with Gasteiger partial charge in [-0.25, -0.2) is 14.4 Å². The molecule has 8 heteroatoms. The summed E-state index contributed by atoms with van der Waals surface area (Å²) in [7, 11) is 1.60. The molecular weight excluding hydrogens is 415 g/mol. The number of ketones is 1. The number of aromatic nitrogens is 2. The maximum absolute atomic E-state index is 14.0. The monoisotopic (exact) mass is 438 g/mol. The molecule has 0 bridgehead atoms. The summed E-state index contributed by atoms with van der Waals surface area (Å²) in [5.41, 5.74) is 1.28. The van der Waals surface area contributed by atoms with E-state index in [1.54, 1.807) is 37.4 Å². The number of piperazine rings is 1. The summed E-state index contributed by atoms with van der Waals surface area (Å²) in [4.78, 5) is 25.4. The molecule has 6 nitrogen and oxygen atoms in total. The predicted octanol–water partition coefficient (Wildman–Crippen LogP) is 3.93. The molecule has 1 fully saturated rings. The largest absolute Gasteiger partial charge is 0.497 e. The molecular formula is C23H23FN4O2S. The fourth-order valence-corrected chi connectivity index (χ4v) is 4.22. The average Bonchev–Trinajstić information content (AvgIpc) is 2.83. The fraction of sp³-hybridized carbons (Fsp3) is 0.261. The van der Waals surface area contributed by atoms with E-state index in [2.05, 4.69) is 19.8 Å². The zero-order valence-corrected chi connectivity index (χ0v) is 18.0. The molecule has 0 N–H and O–H groups in total. The molecule has 0 saturated carbocycles. The van der Waals surface area contributed by atoms with Gasteiger partial charge in [0.1, 0.15) is 28.7 Å². The van der Waals surface area contributed by atoms with Gasteiger partial charge >= 0.3 is 0 Å². The number of nitrogens with zero attached hydrogens (tertiary/aromatic N) is 4. The zero-order chi connectivity index (χ0) is 21.6. The van der Waals surface area contributed by atoms with E-state index < -0.39 is 0 Å². The molecule has 1 aliphatic rings. The minimum absolute atomic E-state index is 0.0336. The summed E-state index contributed by atoms with van der Waals surface area (Å²) in [6.45, 7) is 2.90. The van der Waals surface area contributed by atoms with Crippen LogP contribution in [0.4, 0.5) is 15.9 Å². The number of thioether (sulfide) groups is 1. The molecule has 3 aromatic rings. The van der Waals surface area contributed by atoms with Crippen molar-refractivity contribution in [3.05, 3.63) is 72.3 Å². The number of Topliss-reactive ketones (excluding diaryl/α,β-unsaturated/α-hetero) is 1. The third-order valence-electron chi connectivity index (χ3n) is 5.19. The summed E-state index contributed by atoms with van der Waals surface area (Å²) in [6.07, 6.45) is 1.53. The molecule has 31 heavy (non-hydrogen) atoms. The maximum atomic E-state index is 14.0. The van der Waals surface area contributed by atoms with E-state index in [0.29, 0.717) is 30.1 Å². The maximum Gasteiger partial charge on any atom is 0.173 e. The zero-order valence-electron chi connectivity index (χ0n) is 17.2. The van der Waals surface area contributed by atoms with Gasteiger partial charge in [0.25, 0.3) is 0 Å². The van der Waals surface area contributed by atoms with Crippen molar-refractivity contribution in [2.24, 2.45) is 0 Å². The van der Waals surface area contributed by atoms with Gasteiger partial charge in [0, 0.05) is 37.8 Å². The molecule has 0 amide bonds. The van der Waals surface area contributed by atoms with Crippen LogP contribution in [0.1, 0.15) is 10.4 Å². The number of rotatable bonds is 7. The van der Waals surface area contributed by atoms with Gasteiger partial charge < -0.3 is 14.5 Å². The second-order valence-corrected chi connectivity index (χ2v) is 8.08. The first-order chi connectivity index (χ1) is 15.1. The Labute approximate surface area is 185 Å². The Bertz CT molecular complexity index is 1040. The number of anilines is 2. The third kappa shape index (κ3) is 5.14. The van der Waals surface area contributed by atoms with Crippen LogP contribution in [0, 0.1) is 5.82 Å². The Hall–Kier alpha value is -3.13. The highest BCUT2D eigenvalue weighted by Gasteiger charge is 2.20. The summed E-state index contributed by atoms with van der Waals surface area (Å²) in [6, 6.07) is 15.9. The van der Waals surface area contributed by atoms with Gasteiger partial charge in [-0.05, 0) is 36.4 Å². The van der Waals surface area contributed by atoms with Gasteiger partial charge in [-0.2, -0.15) is 0 Å². The number of carbonyl (C=O) groups is 1. The smallest absolute Gasteiger partial charge is 0.173 e. The SMILES string of the molecule is COc1ccc(C(=O)CSc2cc(N3CCN(c4ccccc4F)CC3)ncn2)cc1. The molecule has 1 aromatic heterocycles. The van der Waals surface area contributed by atoms with Gasteiger partial charge in [-0.3, -0.25) is 4.79 Å². The highest BCUT2D eigenvalue weighted by molar-refractivity contribution is 7.99. The predicted molar refractivity (Wildman–Crippen MR) is 121 cm³/mol. The molecule has 0 unspecified atom stereocenters. The van der Waals surface area contributed by atoms with E-state index in [0.717, 1.165) is 29.7 Å². The summed E-state index contributed by atoms with van der Waals surface area (Å²) in [5.74, 6) is 1.68. The number of ether oxygens (including phenoxy) is 1. The summed E-state index contributed by atoms with van der Waals surface area (Å²) >= 11 is 1.39. The molecule has 160 valence electrons. The van der Waals surface area contributed by atoms with E-state index in [1.165, 1.54) is 24.2 Å². The Balaban J connectivity index is 1.34. The van der Waals surface area contributed by atoms with Crippen molar-refractivity contribution in [1.29, 1.82) is 0 Å². The van der Waals surface area contributed by atoms with Crippen LogP contribution in [0.3, 0.4) is 0 Å². The van der Waals surface area contributed by atoms with E-state index in [9.17, 15) is 9.18 Å². The second kappa shape index (κ2) is 9.78. The molecule has 2 aromatic carbocycles. The van der Waals surface area contributed by atoms with E-state index in [4.69, 9.17) is 4.74 Å². The minimum Gasteiger partial charge on any atom is -0.497 e. The third-order valence-corrected chi connectivity index (χ3v) is 6.11. The standard InChI is InChI=1S/C23H23FN4O2S/c1-30-18-8-6-17(7-9-18)21(29)15-31-23-14-22(25-16-26-23)28-12-10-27(11-13-28)20-5-3-2-4-19(20)24/h2-9,14,16H,10-13,15H2,1H3. The van der Waals surface area contributed by atoms with Crippen molar-refractivity contribution in [1.82, 2.24) is 9.97 Å². The van der Waals surface area contributed by atoms with Gasteiger partial charge in [0.2, 0.25) is 0 Å². The molecule has 0 aliphatic carbocycles. The number of benzene rings is 2. The molecule has 0 radical (unpaired) electrons. The highest BCUT2D eigenvalue weighted by atomic mass is 32.2.